The number of rotatable bonds is 7. The van der Waals surface area contributed by atoms with Gasteiger partial charge in [0.1, 0.15) is 6.10 Å². The van der Waals surface area contributed by atoms with Crippen LogP contribution in [0.1, 0.15) is 24.8 Å². The van der Waals surface area contributed by atoms with E-state index in [1.807, 2.05) is 35.5 Å². The Balaban J connectivity index is 1.32. The topological polar surface area (TPSA) is 52.4 Å². The van der Waals surface area contributed by atoms with Crippen LogP contribution in [0.3, 0.4) is 0 Å². The zero-order valence-corrected chi connectivity index (χ0v) is 14.5. The summed E-state index contributed by atoms with van der Waals surface area (Å²) in [5.41, 5.74) is 1.30. The summed E-state index contributed by atoms with van der Waals surface area (Å²) in [5.74, 6) is 0. The van der Waals surface area contributed by atoms with E-state index in [4.69, 9.17) is 9.47 Å². The first-order valence-corrected chi connectivity index (χ1v) is 9.24. The molecule has 3 atom stereocenters. The van der Waals surface area contributed by atoms with E-state index < -0.39 is 0 Å². The van der Waals surface area contributed by atoms with E-state index in [1.54, 1.807) is 0 Å². The van der Waals surface area contributed by atoms with E-state index in [0.29, 0.717) is 6.04 Å². The zero-order chi connectivity index (χ0) is 16.9. The number of aromatic nitrogens is 3. The summed E-state index contributed by atoms with van der Waals surface area (Å²) >= 11 is 0. The van der Waals surface area contributed by atoms with Crippen molar-refractivity contribution >= 4 is 0 Å². The Morgan fingerprint density at radius 2 is 2.16 bits per heavy atom. The fraction of sp³-hybridized carbons (Fsp3) is 0.579. The molecule has 6 heteroatoms. The molecule has 0 amide bonds. The van der Waals surface area contributed by atoms with E-state index in [-0.39, 0.29) is 12.2 Å². The van der Waals surface area contributed by atoms with Gasteiger partial charge in [0.05, 0.1) is 6.10 Å². The number of likely N-dealkylation sites (tertiary alicyclic amines) is 1. The van der Waals surface area contributed by atoms with Crippen LogP contribution in [0.4, 0.5) is 0 Å². The van der Waals surface area contributed by atoms with Gasteiger partial charge in [0.25, 0.3) is 0 Å². The number of fused-ring (bicyclic) bond motifs is 1. The molecule has 0 radical (unpaired) electrons. The molecule has 134 valence electrons. The standard InChI is InChI=1S/C19H26N4O2/c1-4-17-19(25-12-1)18(24-13-3-11-23-10-2-7-21-23)15-22(17)14-16-5-8-20-9-6-16/h2,5-10,17-19H,1,3-4,11-15H2/t17-,18+,19+/m0/s1. The fourth-order valence-electron chi connectivity index (χ4n) is 3.95. The van der Waals surface area contributed by atoms with E-state index in [1.165, 1.54) is 12.0 Å². The summed E-state index contributed by atoms with van der Waals surface area (Å²) in [5, 5.41) is 4.23. The number of hydrogen-bond donors (Lipinski definition) is 0. The minimum absolute atomic E-state index is 0.171. The molecule has 6 nitrogen and oxygen atoms in total. The number of aryl methyl sites for hydroxylation is 1. The summed E-state index contributed by atoms with van der Waals surface area (Å²) < 4.78 is 14.3. The highest BCUT2D eigenvalue weighted by molar-refractivity contribution is 5.11. The first-order valence-electron chi connectivity index (χ1n) is 9.24. The lowest BCUT2D eigenvalue weighted by atomic mass is 10.0. The molecule has 0 saturated carbocycles. The van der Waals surface area contributed by atoms with Gasteiger partial charge < -0.3 is 9.47 Å². The Morgan fingerprint density at radius 3 is 3.00 bits per heavy atom. The van der Waals surface area contributed by atoms with Crippen LogP contribution in [-0.4, -0.2) is 57.7 Å². The molecule has 2 aliphatic heterocycles. The Morgan fingerprint density at radius 1 is 1.24 bits per heavy atom. The van der Waals surface area contributed by atoms with Crippen molar-refractivity contribution in [1.29, 1.82) is 0 Å². The quantitative estimate of drug-likeness (QED) is 0.722. The minimum atomic E-state index is 0.171. The molecule has 4 heterocycles. The van der Waals surface area contributed by atoms with Crippen LogP contribution in [0.5, 0.6) is 0 Å². The molecule has 0 bridgehead atoms. The van der Waals surface area contributed by atoms with E-state index in [2.05, 4.69) is 27.1 Å². The second-order valence-corrected chi connectivity index (χ2v) is 6.86. The third kappa shape index (κ3) is 4.08. The normalized spacial score (nSPS) is 26.6. The highest BCUT2D eigenvalue weighted by atomic mass is 16.5. The van der Waals surface area contributed by atoms with Crippen molar-refractivity contribution in [1.82, 2.24) is 19.7 Å². The molecule has 2 aliphatic rings. The highest BCUT2D eigenvalue weighted by Crippen LogP contribution is 2.31. The van der Waals surface area contributed by atoms with Gasteiger partial charge in [-0.25, -0.2) is 0 Å². The molecular formula is C19H26N4O2. The SMILES string of the molecule is c1cnn(CCCO[C@@H]2CN(Cc3ccncc3)[C@H]3CCCO[C@@H]23)c1. The lowest BCUT2D eigenvalue weighted by Gasteiger charge is -2.32. The van der Waals surface area contributed by atoms with E-state index in [0.717, 1.165) is 45.7 Å². The van der Waals surface area contributed by atoms with Crippen molar-refractivity contribution in [3.8, 4) is 0 Å². The van der Waals surface area contributed by atoms with Crippen LogP contribution >= 0.6 is 0 Å². The number of ether oxygens (including phenoxy) is 2. The number of nitrogens with zero attached hydrogens (tertiary/aromatic N) is 4. The van der Waals surface area contributed by atoms with E-state index in [9.17, 15) is 0 Å². The summed E-state index contributed by atoms with van der Waals surface area (Å²) in [7, 11) is 0. The fourth-order valence-corrected chi connectivity index (χ4v) is 3.95. The van der Waals surface area contributed by atoms with Gasteiger partial charge in [-0.05, 0) is 43.0 Å². The largest absolute Gasteiger partial charge is 0.374 e. The van der Waals surface area contributed by atoms with Crippen LogP contribution in [0, 0.1) is 0 Å². The van der Waals surface area contributed by atoms with Crippen molar-refractivity contribution in [3.63, 3.8) is 0 Å². The minimum Gasteiger partial charge on any atom is -0.374 e. The Hall–Kier alpha value is -1.76. The molecule has 25 heavy (non-hydrogen) atoms. The predicted octanol–water partition coefficient (Wildman–Crippen LogP) is 2.12. The molecule has 0 N–H and O–H groups in total. The van der Waals surface area contributed by atoms with Crippen LogP contribution in [-0.2, 0) is 22.6 Å². The average Bonchev–Trinajstić information content (AvgIpc) is 3.29. The lowest BCUT2D eigenvalue weighted by molar-refractivity contribution is -0.0780. The van der Waals surface area contributed by atoms with Crippen molar-refractivity contribution in [2.75, 3.05) is 19.8 Å². The third-order valence-corrected chi connectivity index (χ3v) is 5.14. The highest BCUT2D eigenvalue weighted by Gasteiger charge is 2.44. The number of hydrogen-bond acceptors (Lipinski definition) is 5. The maximum atomic E-state index is 6.22. The first kappa shape index (κ1) is 16.7. The molecule has 0 unspecified atom stereocenters. The van der Waals surface area contributed by atoms with E-state index >= 15 is 0 Å². The van der Waals surface area contributed by atoms with Crippen molar-refractivity contribution in [2.24, 2.45) is 0 Å². The van der Waals surface area contributed by atoms with Gasteiger partial charge in [-0.2, -0.15) is 5.10 Å². The van der Waals surface area contributed by atoms with Crippen LogP contribution in [0.15, 0.2) is 43.0 Å². The Labute approximate surface area is 148 Å². The molecule has 2 saturated heterocycles. The van der Waals surface area contributed by atoms with Gasteiger partial charge in [-0.15, -0.1) is 0 Å². The molecule has 2 aromatic heterocycles. The van der Waals surface area contributed by atoms with Gasteiger partial charge in [-0.3, -0.25) is 14.6 Å². The van der Waals surface area contributed by atoms with Crippen LogP contribution < -0.4 is 0 Å². The predicted molar refractivity (Wildman–Crippen MR) is 94.0 cm³/mol. The van der Waals surface area contributed by atoms with Crippen molar-refractivity contribution in [2.45, 2.75) is 50.6 Å². The molecule has 0 aliphatic carbocycles. The summed E-state index contributed by atoms with van der Waals surface area (Å²) in [6.45, 7) is 4.40. The van der Waals surface area contributed by atoms with Crippen LogP contribution in [0.25, 0.3) is 0 Å². The van der Waals surface area contributed by atoms with Gasteiger partial charge in [0, 0.05) is 63.7 Å². The maximum Gasteiger partial charge on any atom is 0.100 e. The Kier molecular flexibility index (Phi) is 5.40. The summed E-state index contributed by atoms with van der Waals surface area (Å²) in [6, 6.07) is 6.61. The maximum absolute atomic E-state index is 6.22. The smallest absolute Gasteiger partial charge is 0.100 e. The molecule has 2 aromatic rings. The van der Waals surface area contributed by atoms with Crippen molar-refractivity contribution < 1.29 is 9.47 Å². The first-order chi connectivity index (χ1) is 12.4. The summed E-state index contributed by atoms with van der Waals surface area (Å²) in [4.78, 5) is 6.64. The van der Waals surface area contributed by atoms with Crippen molar-refractivity contribution in [3.05, 3.63) is 48.5 Å². The molecule has 0 aromatic carbocycles. The zero-order valence-electron chi connectivity index (χ0n) is 14.5. The second-order valence-electron chi connectivity index (χ2n) is 6.86. The average molecular weight is 342 g/mol. The summed E-state index contributed by atoms with van der Waals surface area (Å²) in [6.07, 6.45) is 11.2. The number of pyridine rings is 1. The van der Waals surface area contributed by atoms with Gasteiger partial charge in [0.15, 0.2) is 0 Å². The van der Waals surface area contributed by atoms with Gasteiger partial charge in [0.2, 0.25) is 0 Å². The monoisotopic (exact) mass is 342 g/mol. The van der Waals surface area contributed by atoms with Crippen LogP contribution in [0.2, 0.25) is 0 Å². The molecule has 2 fully saturated rings. The third-order valence-electron chi connectivity index (χ3n) is 5.14. The molecule has 0 spiro atoms. The molecule has 4 rings (SSSR count). The second kappa shape index (κ2) is 8.08. The van der Waals surface area contributed by atoms with Gasteiger partial charge >= 0.3 is 0 Å². The van der Waals surface area contributed by atoms with Gasteiger partial charge in [-0.1, -0.05) is 0 Å². The Bertz CT molecular complexity index is 634. The lowest BCUT2D eigenvalue weighted by Crippen LogP contribution is -2.41. The molecular weight excluding hydrogens is 316 g/mol.